The number of anilines is 1. The lowest BCUT2D eigenvalue weighted by atomic mass is 10.1. The first-order valence-electron chi connectivity index (χ1n) is 8.48. The number of aryl methyl sites for hydroxylation is 2. The van der Waals surface area contributed by atoms with Crippen molar-refractivity contribution in [2.75, 3.05) is 18.4 Å². The molecule has 2 N–H and O–H groups in total. The van der Waals surface area contributed by atoms with Crippen LogP contribution < -0.4 is 10.6 Å². The molecule has 1 atom stereocenters. The van der Waals surface area contributed by atoms with Crippen molar-refractivity contribution in [2.24, 2.45) is 0 Å². The van der Waals surface area contributed by atoms with Crippen LogP contribution in [0.5, 0.6) is 0 Å². The minimum absolute atomic E-state index is 0. The van der Waals surface area contributed by atoms with Gasteiger partial charge in [0.05, 0.1) is 6.04 Å². The van der Waals surface area contributed by atoms with Crippen LogP contribution in [0.1, 0.15) is 46.9 Å². The van der Waals surface area contributed by atoms with Crippen molar-refractivity contribution in [1.82, 2.24) is 15.1 Å². The third kappa shape index (κ3) is 3.47. The summed E-state index contributed by atoms with van der Waals surface area (Å²) in [5, 5.41) is 10.8. The summed E-state index contributed by atoms with van der Waals surface area (Å²) in [6, 6.07) is 8.37. The molecule has 24 heavy (non-hydrogen) atoms. The Morgan fingerprint density at radius 2 is 2.08 bits per heavy atom. The van der Waals surface area contributed by atoms with Gasteiger partial charge in [0.15, 0.2) is 5.69 Å². The molecule has 1 aromatic heterocycles. The van der Waals surface area contributed by atoms with E-state index in [9.17, 15) is 4.79 Å². The van der Waals surface area contributed by atoms with Crippen LogP contribution in [0.15, 0.2) is 30.5 Å². The van der Waals surface area contributed by atoms with Gasteiger partial charge in [-0.15, -0.1) is 12.4 Å². The van der Waals surface area contributed by atoms with Crippen molar-refractivity contribution in [2.45, 2.75) is 38.1 Å². The fourth-order valence-corrected chi connectivity index (χ4v) is 3.57. The number of rotatable bonds is 3. The summed E-state index contributed by atoms with van der Waals surface area (Å²) in [7, 11) is 0. The third-order valence-electron chi connectivity index (χ3n) is 4.84. The summed E-state index contributed by atoms with van der Waals surface area (Å²) in [4.78, 5) is 12.4. The van der Waals surface area contributed by atoms with E-state index < -0.39 is 0 Å². The molecule has 1 aromatic carbocycles. The number of halogens is 1. The Morgan fingerprint density at radius 3 is 2.92 bits per heavy atom. The Labute approximate surface area is 148 Å². The van der Waals surface area contributed by atoms with Crippen LogP contribution in [0.3, 0.4) is 0 Å². The standard InChI is InChI=1S/C18H22N4O.ClH/c23-18(20-15-7-6-13-3-1-4-14(13)11-15)17-8-10-22(21-17)16-5-2-9-19-12-16;/h6-8,10-11,16,19H,1-5,9,12H2,(H,20,23);1H. The summed E-state index contributed by atoms with van der Waals surface area (Å²) >= 11 is 0. The van der Waals surface area contributed by atoms with Crippen LogP contribution in [0, 0.1) is 0 Å². The molecule has 4 rings (SSSR count). The summed E-state index contributed by atoms with van der Waals surface area (Å²) in [6.07, 6.45) is 7.66. The second-order valence-electron chi connectivity index (χ2n) is 6.47. The van der Waals surface area contributed by atoms with Gasteiger partial charge in [-0.3, -0.25) is 9.48 Å². The first-order valence-corrected chi connectivity index (χ1v) is 8.48. The Kier molecular flexibility index (Phi) is 5.21. The topological polar surface area (TPSA) is 59.0 Å². The van der Waals surface area contributed by atoms with Crippen LogP contribution in [0.2, 0.25) is 0 Å². The van der Waals surface area contributed by atoms with Crippen LogP contribution >= 0.6 is 12.4 Å². The second kappa shape index (κ2) is 7.36. The average molecular weight is 347 g/mol. The van der Waals surface area contributed by atoms with Crippen molar-refractivity contribution in [3.05, 3.63) is 47.3 Å². The van der Waals surface area contributed by atoms with E-state index in [0.29, 0.717) is 11.7 Å². The van der Waals surface area contributed by atoms with Gasteiger partial charge in [-0.25, -0.2) is 0 Å². The minimum atomic E-state index is -0.134. The van der Waals surface area contributed by atoms with E-state index in [0.717, 1.165) is 44.5 Å². The molecule has 2 aromatic rings. The number of aromatic nitrogens is 2. The van der Waals surface area contributed by atoms with Crippen LogP contribution in [-0.4, -0.2) is 28.8 Å². The Bertz CT molecular complexity index is 722. The maximum absolute atomic E-state index is 12.4. The number of fused-ring (bicyclic) bond motifs is 1. The normalized spacial score (nSPS) is 19.4. The highest BCUT2D eigenvalue weighted by Gasteiger charge is 2.18. The van der Waals surface area contributed by atoms with Gasteiger partial charge < -0.3 is 10.6 Å². The number of carbonyl (C=O) groups excluding carboxylic acids is 1. The number of nitrogens with one attached hydrogen (secondary N) is 2. The predicted molar refractivity (Wildman–Crippen MR) is 97.0 cm³/mol. The number of amides is 1. The van der Waals surface area contributed by atoms with Gasteiger partial charge in [0.2, 0.25) is 0 Å². The van der Waals surface area contributed by atoms with Crippen LogP contribution in [-0.2, 0) is 12.8 Å². The number of hydrogen-bond donors (Lipinski definition) is 2. The second-order valence-corrected chi connectivity index (χ2v) is 6.47. The molecule has 1 aliphatic heterocycles. The Balaban J connectivity index is 0.00000169. The molecule has 0 radical (unpaired) electrons. The molecule has 128 valence electrons. The van der Waals surface area contributed by atoms with E-state index in [4.69, 9.17) is 0 Å². The predicted octanol–water partition coefficient (Wildman–Crippen LogP) is 2.97. The molecular weight excluding hydrogens is 324 g/mol. The number of carbonyl (C=O) groups is 1. The Hall–Kier alpha value is -1.85. The fraction of sp³-hybridized carbons (Fsp3) is 0.444. The van der Waals surface area contributed by atoms with Gasteiger partial charge in [0.1, 0.15) is 0 Å². The van der Waals surface area contributed by atoms with Crippen LogP contribution in [0.25, 0.3) is 0 Å². The van der Waals surface area contributed by atoms with Gasteiger partial charge in [0, 0.05) is 18.4 Å². The van der Waals surface area contributed by atoms with Gasteiger partial charge in [0.25, 0.3) is 5.91 Å². The zero-order chi connectivity index (χ0) is 15.6. The van der Waals surface area contributed by atoms with Crippen LogP contribution in [0.4, 0.5) is 5.69 Å². The lowest BCUT2D eigenvalue weighted by Crippen LogP contribution is -2.32. The summed E-state index contributed by atoms with van der Waals surface area (Å²) in [5.41, 5.74) is 4.12. The number of hydrogen-bond acceptors (Lipinski definition) is 3. The van der Waals surface area contributed by atoms with E-state index >= 15 is 0 Å². The van der Waals surface area contributed by atoms with Gasteiger partial charge in [-0.1, -0.05) is 6.07 Å². The van der Waals surface area contributed by atoms with E-state index in [1.165, 1.54) is 17.5 Å². The van der Waals surface area contributed by atoms with E-state index in [-0.39, 0.29) is 18.3 Å². The van der Waals surface area contributed by atoms with Crippen molar-refractivity contribution in [3.8, 4) is 0 Å². The largest absolute Gasteiger partial charge is 0.321 e. The molecule has 5 nitrogen and oxygen atoms in total. The molecule has 1 aliphatic carbocycles. The lowest BCUT2D eigenvalue weighted by molar-refractivity contribution is 0.102. The minimum Gasteiger partial charge on any atom is -0.321 e. The molecule has 1 amide bonds. The van der Waals surface area contributed by atoms with E-state index in [1.54, 1.807) is 6.07 Å². The maximum atomic E-state index is 12.4. The van der Waals surface area contributed by atoms with Gasteiger partial charge >= 0.3 is 0 Å². The quantitative estimate of drug-likeness (QED) is 0.898. The molecule has 1 saturated heterocycles. The van der Waals surface area contributed by atoms with Crippen molar-refractivity contribution in [1.29, 1.82) is 0 Å². The smallest absolute Gasteiger partial charge is 0.276 e. The number of benzene rings is 1. The summed E-state index contributed by atoms with van der Waals surface area (Å²) in [6.45, 7) is 2.00. The molecule has 1 unspecified atom stereocenters. The highest BCUT2D eigenvalue weighted by Crippen LogP contribution is 2.25. The molecule has 1 fully saturated rings. The number of nitrogens with zero attached hydrogens (tertiary/aromatic N) is 2. The van der Waals surface area contributed by atoms with E-state index in [2.05, 4.69) is 27.9 Å². The molecule has 0 saturated carbocycles. The highest BCUT2D eigenvalue weighted by molar-refractivity contribution is 6.02. The third-order valence-corrected chi connectivity index (χ3v) is 4.84. The monoisotopic (exact) mass is 346 g/mol. The van der Waals surface area contributed by atoms with Gasteiger partial charge in [-0.2, -0.15) is 5.10 Å². The van der Waals surface area contributed by atoms with Crippen molar-refractivity contribution in [3.63, 3.8) is 0 Å². The fourth-order valence-electron chi connectivity index (χ4n) is 3.57. The molecule has 0 bridgehead atoms. The lowest BCUT2D eigenvalue weighted by Gasteiger charge is -2.22. The summed E-state index contributed by atoms with van der Waals surface area (Å²) in [5.74, 6) is -0.134. The highest BCUT2D eigenvalue weighted by atomic mass is 35.5. The van der Waals surface area contributed by atoms with Crippen molar-refractivity contribution < 1.29 is 4.79 Å². The summed E-state index contributed by atoms with van der Waals surface area (Å²) < 4.78 is 1.92. The average Bonchev–Trinajstić information content (AvgIpc) is 3.24. The zero-order valence-electron chi connectivity index (χ0n) is 13.6. The first-order chi connectivity index (χ1) is 11.3. The van der Waals surface area contributed by atoms with E-state index in [1.807, 2.05) is 16.9 Å². The SMILES string of the molecule is Cl.O=C(Nc1ccc2c(c1)CCC2)c1ccn(C2CCCNC2)n1. The molecular formula is C18H23ClN4O. The Morgan fingerprint density at radius 1 is 1.21 bits per heavy atom. The molecule has 6 heteroatoms. The van der Waals surface area contributed by atoms with Crippen molar-refractivity contribution >= 4 is 24.0 Å². The van der Waals surface area contributed by atoms with Gasteiger partial charge in [-0.05, 0) is 68.0 Å². The number of piperidine rings is 1. The molecule has 2 aliphatic rings. The zero-order valence-corrected chi connectivity index (χ0v) is 14.4. The molecule has 0 spiro atoms. The molecule has 2 heterocycles. The first kappa shape index (κ1) is 17.0. The maximum Gasteiger partial charge on any atom is 0.276 e.